The lowest BCUT2D eigenvalue weighted by Crippen LogP contribution is -2.48. The van der Waals surface area contributed by atoms with Crippen molar-refractivity contribution in [2.45, 2.75) is 32.1 Å². The predicted octanol–water partition coefficient (Wildman–Crippen LogP) is 3.29. The second-order valence-electron chi connectivity index (χ2n) is 7.71. The van der Waals surface area contributed by atoms with E-state index in [1.54, 1.807) is 17.7 Å². The fraction of sp³-hybridized carbons (Fsp3) is 0.364. The highest BCUT2D eigenvalue weighted by Crippen LogP contribution is 2.49. The van der Waals surface area contributed by atoms with Gasteiger partial charge in [0.1, 0.15) is 5.82 Å². The Hall–Kier alpha value is -3.00. The zero-order valence-corrected chi connectivity index (χ0v) is 15.7. The summed E-state index contributed by atoms with van der Waals surface area (Å²) < 4.78 is 1.61. The van der Waals surface area contributed by atoms with Gasteiger partial charge in [-0.25, -0.2) is 9.83 Å². The van der Waals surface area contributed by atoms with Gasteiger partial charge in [-0.2, -0.15) is 0 Å². The number of carbonyl (C=O) groups is 1. The minimum Gasteiger partial charge on any atom is -0.308 e. The smallest absolute Gasteiger partial charge is 0.256 e. The van der Waals surface area contributed by atoms with Crippen LogP contribution in [0.5, 0.6) is 0 Å². The van der Waals surface area contributed by atoms with Gasteiger partial charge in [-0.1, -0.05) is 50.3 Å². The molecule has 0 aliphatic heterocycles. The van der Waals surface area contributed by atoms with Crippen molar-refractivity contribution in [2.75, 3.05) is 0 Å². The number of benzene rings is 1. The standard InChI is InChI=1S/C22H21N3O2/c1-13-16-11-10-15-19(22(16,2)12-17(23-3)18(13)26)24-20(25(4)21(15)27)14-8-6-5-7-9-14/h5-9,12-13,16H,10-11H2,1-2,4H3/t13-,16-,22-/m0/s1. The molecule has 2 aliphatic rings. The van der Waals surface area contributed by atoms with Gasteiger partial charge >= 0.3 is 0 Å². The topological polar surface area (TPSA) is 56.3 Å². The van der Waals surface area contributed by atoms with Crippen molar-refractivity contribution in [3.63, 3.8) is 0 Å². The van der Waals surface area contributed by atoms with Crippen LogP contribution in [-0.4, -0.2) is 15.3 Å². The molecule has 2 aromatic rings. The van der Waals surface area contributed by atoms with Crippen LogP contribution < -0.4 is 5.56 Å². The Labute approximate surface area is 158 Å². The molecule has 3 atom stereocenters. The molecule has 0 N–H and O–H groups in total. The van der Waals surface area contributed by atoms with Gasteiger partial charge in [0.05, 0.1) is 12.3 Å². The Balaban J connectivity index is 2.02. The molecule has 5 heteroatoms. The van der Waals surface area contributed by atoms with E-state index >= 15 is 0 Å². The van der Waals surface area contributed by atoms with E-state index in [0.717, 1.165) is 17.7 Å². The second-order valence-corrected chi connectivity index (χ2v) is 7.71. The third-order valence-corrected chi connectivity index (χ3v) is 6.23. The molecule has 4 rings (SSSR count). The number of carbonyl (C=O) groups excluding carboxylic acids is 1. The first-order valence-electron chi connectivity index (χ1n) is 9.18. The Morgan fingerprint density at radius 1 is 1.26 bits per heavy atom. The van der Waals surface area contributed by atoms with E-state index in [-0.39, 0.29) is 28.9 Å². The fourth-order valence-corrected chi connectivity index (χ4v) is 4.74. The highest BCUT2D eigenvalue weighted by molar-refractivity contribution is 6.00. The van der Waals surface area contributed by atoms with E-state index in [1.807, 2.05) is 44.2 Å². The molecule has 0 saturated carbocycles. The third-order valence-electron chi connectivity index (χ3n) is 6.23. The highest BCUT2D eigenvalue weighted by atomic mass is 16.1. The zero-order chi connectivity index (χ0) is 19.3. The minimum absolute atomic E-state index is 0.0409. The molecule has 0 saturated heterocycles. The average Bonchev–Trinajstić information content (AvgIpc) is 2.68. The summed E-state index contributed by atoms with van der Waals surface area (Å²) in [4.78, 5) is 34.0. The molecular weight excluding hydrogens is 338 g/mol. The molecule has 1 aromatic heterocycles. The normalized spacial score (nSPS) is 26.6. The van der Waals surface area contributed by atoms with Gasteiger partial charge < -0.3 is 4.79 Å². The first-order chi connectivity index (χ1) is 12.9. The molecule has 27 heavy (non-hydrogen) atoms. The summed E-state index contributed by atoms with van der Waals surface area (Å²) in [6, 6.07) is 9.64. The summed E-state index contributed by atoms with van der Waals surface area (Å²) in [7, 11) is 1.75. The Morgan fingerprint density at radius 3 is 2.63 bits per heavy atom. The largest absolute Gasteiger partial charge is 0.308 e. The minimum atomic E-state index is -0.586. The summed E-state index contributed by atoms with van der Waals surface area (Å²) in [6.07, 6.45) is 3.12. The number of aromatic nitrogens is 2. The summed E-state index contributed by atoms with van der Waals surface area (Å²) in [6.45, 7) is 11.3. The molecule has 1 aromatic carbocycles. The van der Waals surface area contributed by atoms with E-state index in [2.05, 4.69) is 4.85 Å². The van der Waals surface area contributed by atoms with E-state index < -0.39 is 5.41 Å². The van der Waals surface area contributed by atoms with Gasteiger partial charge in [-0.3, -0.25) is 9.36 Å². The molecule has 0 bridgehead atoms. The first-order valence-corrected chi connectivity index (χ1v) is 9.18. The maximum Gasteiger partial charge on any atom is 0.256 e. The molecule has 0 unspecified atom stereocenters. The van der Waals surface area contributed by atoms with Gasteiger partial charge in [0, 0.05) is 29.5 Å². The number of fused-ring (bicyclic) bond motifs is 3. The summed E-state index contributed by atoms with van der Waals surface area (Å²) >= 11 is 0. The Morgan fingerprint density at radius 2 is 1.96 bits per heavy atom. The lowest BCUT2D eigenvalue weighted by atomic mass is 9.58. The molecule has 2 aliphatic carbocycles. The second kappa shape index (κ2) is 6.02. The SMILES string of the molecule is [C-]#[N+]C1=C[C@]2(C)c3nc(-c4ccccc4)n(C)c(=O)c3CC[C@H]2[C@H](C)C1=O. The summed E-state index contributed by atoms with van der Waals surface area (Å²) in [5.74, 6) is 0.320. The van der Waals surface area contributed by atoms with Gasteiger partial charge in [0.25, 0.3) is 5.56 Å². The number of hydrogen-bond donors (Lipinski definition) is 0. The fourth-order valence-electron chi connectivity index (χ4n) is 4.74. The molecule has 136 valence electrons. The molecule has 0 amide bonds. The van der Waals surface area contributed by atoms with Gasteiger partial charge in [0.2, 0.25) is 5.70 Å². The average molecular weight is 359 g/mol. The highest BCUT2D eigenvalue weighted by Gasteiger charge is 2.49. The van der Waals surface area contributed by atoms with E-state index in [9.17, 15) is 9.59 Å². The molecular formula is C22H21N3O2. The predicted molar refractivity (Wildman–Crippen MR) is 103 cm³/mol. The van der Waals surface area contributed by atoms with E-state index in [4.69, 9.17) is 11.6 Å². The van der Waals surface area contributed by atoms with Gasteiger partial charge in [0.15, 0.2) is 5.78 Å². The van der Waals surface area contributed by atoms with Crippen molar-refractivity contribution in [1.82, 2.24) is 9.55 Å². The number of nitrogens with zero attached hydrogens (tertiary/aromatic N) is 3. The van der Waals surface area contributed by atoms with Crippen LogP contribution >= 0.6 is 0 Å². The molecule has 0 radical (unpaired) electrons. The van der Waals surface area contributed by atoms with Gasteiger partial charge in [-0.15, -0.1) is 0 Å². The van der Waals surface area contributed by atoms with Crippen molar-refractivity contribution >= 4 is 5.78 Å². The number of ketones is 1. The third kappa shape index (κ3) is 2.40. The lowest BCUT2D eigenvalue weighted by Gasteiger charge is -2.45. The summed E-state index contributed by atoms with van der Waals surface area (Å²) in [5.41, 5.74) is 1.84. The molecule has 5 nitrogen and oxygen atoms in total. The summed E-state index contributed by atoms with van der Waals surface area (Å²) in [5, 5.41) is 0. The maximum absolute atomic E-state index is 13.1. The lowest BCUT2D eigenvalue weighted by molar-refractivity contribution is -0.121. The first kappa shape index (κ1) is 17.4. The van der Waals surface area contributed by atoms with Crippen LogP contribution in [0, 0.1) is 18.4 Å². The van der Waals surface area contributed by atoms with Crippen LogP contribution in [0.25, 0.3) is 16.2 Å². The maximum atomic E-state index is 13.1. The number of allylic oxidation sites excluding steroid dienone is 2. The van der Waals surface area contributed by atoms with Crippen LogP contribution in [0.15, 0.2) is 46.9 Å². The van der Waals surface area contributed by atoms with E-state index in [0.29, 0.717) is 17.8 Å². The Bertz CT molecular complexity index is 1080. The number of rotatable bonds is 1. The molecule has 0 fully saturated rings. The van der Waals surface area contributed by atoms with Crippen molar-refractivity contribution in [1.29, 1.82) is 0 Å². The number of Topliss-reactive ketones (excluding diaryl/α,β-unsaturated/α-hetero) is 1. The van der Waals surface area contributed by atoms with Crippen molar-refractivity contribution in [2.24, 2.45) is 18.9 Å². The zero-order valence-electron chi connectivity index (χ0n) is 15.7. The molecule has 1 heterocycles. The molecule has 0 spiro atoms. The van der Waals surface area contributed by atoms with Crippen molar-refractivity contribution in [3.8, 4) is 11.4 Å². The van der Waals surface area contributed by atoms with Gasteiger partial charge in [-0.05, 0) is 18.8 Å². The van der Waals surface area contributed by atoms with Crippen LogP contribution in [0.2, 0.25) is 0 Å². The quantitative estimate of drug-likeness (QED) is 0.734. The van der Waals surface area contributed by atoms with Crippen molar-refractivity contribution < 1.29 is 4.79 Å². The van der Waals surface area contributed by atoms with Crippen LogP contribution in [0.4, 0.5) is 0 Å². The van der Waals surface area contributed by atoms with Crippen LogP contribution in [0.1, 0.15) is 31.5 Å². The monoisotopic (exact) mass is 359 g/mol. The van der Waals surface area contributed by atoms with E-state index in [1.165, 1.54) is 0 Å². The number of hydrogen-bond acceptors (Lipinski definition) is 3. The van der Waals surface area contributed by atoms with Crippen LogP contribution in [0.3, 0.4) is 0 Å². The Kier molecular flexibility index (Phi) is 3.88. The van der Waals surface area contributed by atoms with Crippen LogP contribution in [-0.2, 0) is 23.7 Å². The van der Waals surface area contributed by atoms with Crippen molar-refractivity contribution in [3.05, 3.63) is 75.1 Å².